The third-order valence-corrected chi connectivity index (χ3v) is 3.78. The standard InChI is InChI=1S/C24H12.3Y/c1-3-9-19(10-4-1)21-13-7-15-23(17-21)24-16-8-14-22(18-24)20-11-5-2-6-12-20;;;/h1-9,11,17-18H;;;/q-6;;;. The molecule has 123 valence electrons. The molecule has 0 saturated carbocycles. The van der Waals surface area contributed by atoms with Gasteiger partial charge < -0.3 is 46.5 Å². The van der Waals surface area contributed by atoms with Gasteiger partial charge in [-0.1, -0.05) is 0 Å². The van der Waals surface area contributed by atoms with Gasteiger partial charge in [0.1, 0.15) is 0 Å². The predicted octanol–water partition coefficient (Wildman–Crippen LogP) is 5.48. The van der Waals surface area contributed by atoms with Crippen molar-refractivity contribution in [1.29, 1.82) is 0 Å². The molecule has 0 N–H and O–H groups in total. The zero-order chi connectivity index (χ0) is 16.2. The topological polar surface area (TPSA) is 0 Å². The van der Waals surface area contributed by atoms with Gasteiger partial charge in [-0.15, -0.1) is 36.4 Å². The molecule has 0 aliphatic rings. The summed E-state index contributed by atoms with van der Waals surface area (Å²) in [7, 11) is 0. The van der Waals surface area contributed by atoms with Crippen LogP contribution in [0.1, 0.15) is 0 Å². The van der Waals surface area contributed by atoms with Crippen LogP contribution in [0.2, 0.25) is 0 Å². The molecule has 0 atom stereocenters. The van der Waals surface area contributed by atoms with Gasteiger partial charge in [-0.3, -0.25) is 29.8 Å². The van der Waals surface area contributed by atoms with E-state index in [-0.39, 0.29) is 98.1 Å². The van der Waals surface area contributed by atoms with Crippen molar-refractivity contribution in [2.24, 2.45) is 0 Å². The molecule has 0 bridgehead atoms. The molecule has 4 aromatic rings. The zero-order valence-electron chi connectivity index (χ0n) is 14.7. The number of rotatable bonds is 3. The maximum atomic E-state index is 3.25. The molecular weight excluding hydrogens is 555 g/mol. The van der Waals surface area contributed by atoms with Gasteiger partial charge in [0, 0.05) is 98.1 Å². The van der Waals surface area contributed by atoms with Crippen LogP contribution in [0.25, 0.3) is 33.4 Å². The summed E-state index contributed by atoms with van der Waals surface area (Å²) in [5.74, 6) is 0. The van der Waals surface area contributed by atoms with Crippen molar-refractivity contribution < 1.29 is 98.1 Å². The van der Waals surface area contributed by atoms with Crippen molar-refractivity contribution in [3.8, 4) is 33.4 Å². The van der Waals surface area contributed by atoms with E-state index in [4.69, 9.17) is 0 Å². The molecule has 0 aliphatic heterocycles. The Kier molecular flexibility index (Phi) is 11.9. The summed E-state index contributed by atoms with van der Waals surface area (Å²) in [6.45, 7) is 0. The Morgan fingerprint density at radius 3 is 1.11 bits per heavy atom. The van der Waals surface area contributed by atoms with Crippen molar-refractivity contribution in [2.75, 3.05) is 0 Å². The summed E-state index contributed by atoms with van der Waals surface area (Å²) in [4.78, 5) is 0. The summed E-state index contributed by atoms with van der Waals surface area (Å²) in [5, 5.41) is 0. The minimum atomic E-state index is 0. The van der Waals surface area contributed by atoms with Gasteiger partial charge >= 0.3 is 0 Å². The Hall–Kier alpha value is 0.192. The van der Waals surface area contributed by atoms with Crippen LogP contribution in [0.3, 0.4) is 0 Å². The minimum Gasteiger partial charge on any atom is -0.376 e. The van der Waals surface area contributed by atoms with Crippen molar-refractivity contribution in [3.05, 3.63) is 109 Å². The van der Waals surface area contributed by atoms with Gasteiger partial charge in [-0.2, -0.15) is 17.7 Å². The summed E-state index contributed by atoms with van der Waals surface area (Å²) in [6.07, 6.45) is 0. The van der Waals surface area contributed by atoms with Gasteiger partial charge in [-0.25, -0.2) is 12.1 Å². The molecule has 4 aromatic carbocycles. The van der Waals surface area contributed by atoms with E-state index < -0.39 is 0 Å². The van der Waals surface area contributed by atoms with Crippen LogP contribution in [-0.2, 0) is 98.1 Å². The largest absolute Gasteiger partial charge is 0.376 e. The van der Waals surface area contributed by atoms with Crippen LogP contribution < -0.4 is 0 Å². The molecule has 0 nitrogen and oxygen atoms in total. The first-order valence-electron chi connectivity index (χ1n) is 7.71. The third kappa shape index (κ3) is 6.60. The summed E-state index contributed by atoms with van der Waals surface area (Å²) in [6, 6.07) is 43.0. The fraction of sp³-hybridized carbons (Fsp3) is 0. The van der Waals surface area contributed by atoms with Crippen LogP contribution in [0, 0.1) is 36.4 Å². The molecule has 0 unspecified atom stereocenters. The van der Waals surface area contributed by atoms with E-state index in [1.807, 2.05) is 60.7 Å². The van der Waals surface area contributed by atoms with Crippen molar-refractivity contribution >= 4 is 0 Å². The zero-order valence-corrected chi connectivity index (χ0v) is 23.2. The van der Waals surface area contributed by atoms with Crippen molar-refractivity contribution in [3.63, 3.8) is 0 Å². The van der Waals surface area contributed by atoms with E-state index in [0.717, 1.165) is 33.4 Å². The van der Waals surface area contributed by atoms with Gasteiger partial charge in [0.05, 0.1) is 0 Å². The summed E-state index contributed by atoms with van der Waals surface area (Å²) in [5.41, 5.74) is 6.00. The van der Waals surface area contributed by atoms with Crippen LogP contribution >= 0.6 is 0 Å². The summed E-state index contributed by atoms with van der Waals surface area (Å²) < 4.78 is 0. The molecule has 0 heterocycles. The van der Waals surface area contributed by atoms with Gasteiger partial charge in [0.25, 0.3) is 0 Å². The fourth-order valence-electron chi connectivity index (χ4n) is 2.58. The van der Waals surface area contributed by atoms with E-state index in [2.05, 4.69) is 48.5 Å². The maximum Gasteiger partial charge on any atom is 0 e. The van der Waals surface area contributed by atoms with Gasteiger partial charge in [-0.05, 0) is 0 Å². The molecule has 0 spiro atoms. The SMILES string of the molecule is [Y].[Y].[Y].[c-]1ccccc1-c1[c-]c[c-]c(-c2[c-]c[c-]c(-c3[c-]cccc3)c2)c1. The molecule has 0 amide bonds. The van der Waals surface area contributed by atoms with Crippen molar-refractivity contribution in [2.45, 2.75) is 0 Å². The van der Waals surface area contributed by atoms with E-state index in [1.54, 1.807) is 0 Å². The Labute approximate surface area is 237 Å². The van der Waals surface area contributed by atoms with E-state index in [9.17, 15) is 0 Å². The van der Waals surface area contributed by atoms with Crippen LogP contribution in [-0.4, -0.2) is 0 Å². The predicted molar refractivity (Wildman–Crippen MR) is 95.8 cm³/mol. The monoisotopic (exact) mass is 567 g/mol. The smallest absolute Gasteiger partial charge is 0 e. The molecule has 4 rings (SSSR count). The second kappa shape index (κ2) is 12.7. The quantitative estimate of drug-likeness (QED) is 0.288. The number of hydrogen-bond acceptors (Lipinski definition) is 0. The summed E-state index contributed by atoms with van der Waals surface area (Å²) >= 11 is 0. The van der Waals surface area contributed by atoms with Gasteiger partial charge in [0.15, 0.2) is 0 Å². The molecular formula is C24H12Y3-6. The maximum absolute atomic E-state index is 3.25. The first kappa shape index (κ1) is 25.2. The Balaban J connectivity index is 0.00000121. The van der Waals surface area contributed by atoms with Crippen LogP contribution in [0.15, 0.2) is 72.8 Å². The molecule has 0 fully saturated rings. The van der Waals surface area contributed by atoms with Gasteiger partial charge in [0.2, 0.25) is 0 Å². The second-order valence-corrected chi connectivity index (χ2v) is 5.36. The molecule has 27 heavy (non-hydrogen) atoms. The van der Waals surface area contributed by atoms with Crippen LogP contribution in [0.4, 0.5) is 0 Å². The van der Waals surface area contributed by atoms with E-state index in [0.29, 0.717) is 0 Å². The van der Waals surface area contributed by atoms with E-state index in [1.165, 1.54) is 0 Å². The number of benzene rings is 4. The fourth-order valence-corrected chi connectivity index (χ4v) is 2.58. The molecule has 3 heteroatoms. The molecule has 0 aliphatic carbocycles. The average molecular weight is 567 g/mol. The Bertz CT molecular complexity index is 870. The first-order valence-corrected chi connectivity index (χ1v) is 7.71. The normalized spacial score (nSPS) is 9.33. The van der Waals surface area contributed by atoms with Crippen LogP contribution in [0.5, 0.6) is 0 Å². The van der Waals surface area contributed by atoms with Crippen molar-refractivity contribution in [1.82, 2.24) is 0 Å². The average Bonchev–Trinajstić information content (AvgIpc) is 2.70. The number of hydrogen-bond donors (Lipinski definition) is 0. The Morgan fingerprint density at radius 1 is 0.407 bits per heavy atom. The molecule has 0 aromatic heterocycles. The molecule has 3 radical (unpaired) electrons. The third-order valence-electron chi connectivity index (χ3n) is 3.78. The van der Waals surface area contributed by atoms with E-state index >= 15 is 0 Å². The minimum absolute atomic E-state index is 0. The Morgan fingerprint density at radius 2 is 0.778 bits per heavy atom. The molecule has 0 saturated heterocycles. The second-order valence-electron chi connectivity index (χ2n) is 5.36. The first-order chi connectivity index (χ1) is 11.9.